The number of aromatic nitrogens is 2. The number of aliphatic hydroxyl groups is 1. The second-order valence-electron chi connectivity index (χ2n) is 6.46. The molecule has 0 bridgehead atoms. The molecule has 6 heteroatoms. The number of anilines is 1. The van der Waals surface area contributed by atoms with E-state index in [1.807, 2.05) is 80.6 Å². The largest absolute Gasteiger partial charge is 0.395 e. The molecule has 0 saturated carbocycles. The first-order chi connectivity index (χ1) is 14.0. The number of hydrogen-bond donors (Lipinski definition) is 2. The minimum Gasteiger partial charge on any atom is -0.395 e. The van der Waals surface area contributed by atoms with Crippen LogP contribution in [0, 0.1) is 6.92 Å². The summed E-state index contributed by atoms with van der Waals surface area (Å²) in [6.45, 7) is 5.91. The van der Waals surface area contributed by atoms with Gasteiger partial charge in [-0.3, -0.25) is 4.79 Å². The van der Waals surface area contributed by atoms with Crippen molar-refractivity contribution in [3.8, 4) is 11.1 Å². The van der Waals surface area contributed by atoms with Gasteiger partial charge < -0.3 is 19.9 Å². The van der Waals surface area contributed by atoms with Crippen LogP contribution in [0.4, 0.5) is 5.82 Å². The number of rotatable bonds is 6. The Kier molecular flexibility index (Phi) is 8.18. The maximum Gasteiger partial charge on any atom is 0.267 e. The van der Waals surface area contributed by atoms with Crippen molar-refractivity contribution in [2.45, 2.75) is 6.92 Å². The van der Waals surface area contributed by atoms with E-state index in [1.54, 1.807) is 17.0 Å². The molecule has 0 fully saturated rings. The van der Waals surface area contributed by atoms with Crippen LogP contribution in [0.1, 0.15) is 16.1 Å². The van der Waals surface area contributed by atoms with Crippen molar-refractivity contribution in [1.29, 1.82) is 0 Å². The highest BCUT2D eigenvalue weighted by Gasteiger charge is 2.15. The lowest BCUT2D eigenvalue weighted by molar-refractivity contribution is 0.0936. The van der Waals surface area contributed by atoms with Crippen LogP contribution >= 0.6 is 0 Å². The van der Waals surface area contributed by atoms with E-state index >= 15 is 0 Å². The fourth-order valence-electron chi connectivity index (χ4n) is 2.86. The molecule has 29 heavy (non-hydrogen) atoms. The predicted molar refractivity (Wildman–Crippen MR) is 118 cm³/mol. The predicted octanol–water partition coefficient (Wildman–Crippen LogP) is 3.38. The summed E-state index contributed by atoms with van der Waals surface area (Å²) in [6.07, 6.45) is 5.36. The Morgan fingerprint density at radius 2 is 1.90 bits per heavy atom. The van der Waals surface area contributed by atoms with Crippen molar-refractivity contribution >= 4 is 11.7 Å². The van der Waals surface area contributed by atoms with Crippen molar-refractivity contribution in [3.63, 3.8) is 0 Å². The smallest absolute Gasteiger partial charge is 0.267 e. The molecule has 0 aliphatic heterocycles. The van der Waals surface area contributed by atoms with Gasteiger partial charge in [-0.05, 0) is 36.4 Å². The fourth-order valence-corrected chi connectivity index (χ4v) is 2.86. The SMILES string of the molecule is C=CN(C)c1nccc(-c2cc(C(=O)NCCO)n(C)c2)c1C.c1ccccc1. The number of aryl methyl sites for hydroxylation is 1. The minimum absolute atomic E-state index is 0.0796. The number of aliphatic hydroxyl groups excluding tert-OH is 1. The van der Waals surface area contributed by atoms with Gasteiger partial charge in [-0.1, -0.05) is 43.0 Å². The number of nitrogens with zero attached hydrogens (tertiary/aromatic N) is 3. The standard InChI is InChI=1S/C17H22N4O2.C6H6/c1-5-20(3)16-12(2)14(6-7-18-16)13-10-15(21(4)11-13)17(23)19-8-9-22;1-2-4-6-5-3-1/h5-7,10-11,22H,1,8-9H2,2-4H3,(H,19,23);1-6H. The Morgan fingerprint density at radius 3 is 2.45 bits per heavy atom. The summed E-state index contributed by atoms with van der Waals surface area (Å²) in [5, 5.41) is 11.5. The molecule has 152 valence electrons. The van der Waals surface area contributed by atoms with Crippen LogP contribution in [0.5, 0.6) is 0 Å². The molecule has 2 aromatic heterocycles. The number of carbonyl (C=O) groups excluding carboxylic acids is 1. The zero-order valence-corrected chi connectivity index (χ0v) is 17.2. The van der Waals surface area contributed by atoms with Gasteiger partial charge in [0.2, 0.25) is 0 Å². The lowest BCUT2D eigenvalue weighted by Gasteiger charge is -2.16. The third kappa shape index (κ3) is 5.80. The number of hydrogen-bond acceptors (Lipinski definition) is 4. The number of amides is 1. The molecule has 1 amide bonds. The van der Waals surface area contributed by atoms with E-state index in [-0.39, 0.29) is 19.1 Å². The zero-order chi connectivity index (χ0) is 21.2. The summed E-state index contributed by atoms with van der Waals surface area (Å²) >= 11 is 0. The second-order valence-corrected chi connectivity index (χ2v) is 6.46. The third-order valence-electron chi connectivity index (χ3n) is 4.40. The molecule has 0 spiro atoms. The molecular weight excluding hydrogens is 364 g/mol. The summed E-state index contributed by atoms with van der Waals surface area (Å²) < 4.78 is 1.78. The van der Waals surface area contributed by atoms with Gasteiger partial charge in [0, 0.05) is 38.6 Å². The molecule has 6 nitrogen and oxygen atoms in total. The van der Waals surface area contributed by atoms with Crippen LogP contribution in [-0.2, 0) is 7.05 Å². The number of nitrogens with one attached hydrogen (secondary N) is 1. The first kappa shape index (κ1) is 21.9. The molecule has 3 rings (SSSR count). The van der Waals surface area contributed by atoms with E-state index < -0.39 is 0 Å². The number of benzene rings is 1. The molecule has 0 aliphatic rings. The van der Waals surface area contributed by atoms with Crippen molar-refractivity contribution in [2.75, 3.05) is 25.1 Å². The Morgan fingerprint density at radius 1 is 1.28 bits per heavy atom. The van der Waals surface area contributed by atoms with E-state index in [0.29, 0.717) is 5.69 Å². The molecule has 1 aromatic carbocycles. The maximum atomic E-state index is 12.1. The van der Waals surface area contributed by atoms with Crippen LogP contribution in [0.3, 0.4) is 0 Å². The second kappa shape index (κ2) is 10.8. The molecule has 3 aromatic rings. The Balaban J connectivity index is 0.000000426. The lowest BCUT2D eigenvalue weighted by Crippen LogP contribution is -2.27. The molecule has 0 saturated heterocycles. The summed E-state index contributed by atoms with van der Waals surface area (Å²) in [4.78, 5) is 18.3. The van der Waals surface area contributed by atoms with E-state index in [1.165, 1.54) is 0 Å². The highest BCUT2D eigenvalue weighted by molar-refractivity contribution is 5.94. The number of carbonyl (C=O) groups is 1. The zero-order valence-electron chi connectivity index (χ0n) is 17.2. The van der Waals surface area contributed by atoms with Gasteiger partial charge in [0.05, 0.1) is 6.61 Å². The number of pyridine rings is 1. The molecule has 0 radical (unpaired) electrons. The third-order valence-corrected chi connectivity index (χ3v) is 4.40. The highest BCUT2D eigenvalue weighted by atomic mass is 16.3. The van der Waals surface area contributed by atoms with Gasteiger partial charge in [0.15, 0.2) is 0 Å². The van der Waals surface area contributed by atoms with Gasteiger partial charge in [-0.2, -0.15) is 0 Å². The molecular formula is C23H28N4O2. The van der Waals surface area contributed by atoms with E-state index in [9.17, 15) is 4.79 Å². The molecule has 2 heterocycles. The maximum absolute atomic E-state index is 12.1. The van der Waals surface area contributed by atoms with Crippen LogP contribution < -0.4 is 10.2 Å². The van der Waals surface area contributed by atoms with Gasteiger partial charge in [-0.25, -0.2) is 4.98 Å². The van der Waals surface area contributed by atoms with Crippen molar-refractivity contribution in [1.82, 2.24) is 14.9 Å². The van der Waals surface area contributed by atoms with Gasteiger partial charge in [0.25, 0.3) is 5.91 Å². The molecule has 0 aliphatic carbocycles. The van der Waals surface area contributed by atoms with E-state index in [4.69, 9.17) is 5.11 Å². The average molecular weight is 393 g/mol. The van der Waals surface area contributed by atoms with Crippen molar-refractivity contribution < 1.29 is 9.90 Å². The summed E-state index contributed by atoms with van der Waals surface area (Å²) in [5.41, 5.74) is 3.52. The first-order valence-corrected chi connectivity index (χ1v) is 9.36. The van der Waals surface area contributed by atoms with Crippen LogP contribution in [0.2, 0.25) is 0 Å². The normalized spacial score (nSPS) is 9.93. The van der Waals surface area contributed by atoms with Gasteiger partial charge in [-0.15, -0.1) is 0 Å². The lowest BCUT2D eigenvalue weighted by atomic mass is 10.0. The van der Waals surface area contributed by atoms with Crippen LogP contribution in [0.25, 0.3) is 11.1 Å². The average Bonchev–Trinajstić information content (AvgIpc) is 3.14. The summed E-state index contributed by atoms with van der Waals surface area (Å²) in [5.74, 6) is 0.621. The Labute approximate surface area is 172 Å². The quantitative estimate of drug-likeness (QED) is 0.675. The Hall–Kier alpha value is -3.38. The minimum atomic E-state index is -0.206. The van der Waals surface area contributed by atoms with Gasteiger partial charge >= 0.3 is 0 Å². The van der Waals surface area contributed by atoms with Gasteiger partial charge in [0.1, 0.15) is 11.5 Å². The molecule has 0 atom stereocenters. The highest BCUT2D eigenvalue weighted by Crippen LogP contribution is 2.29. The first-order valence-electron chi connectivity index (χ1n) is 9.36. The topological polar surface area (TPSA) is 70.4 Å². The molecule has 0 unspecified atom stereocenters. The fraction of sp³-hybridized carbons (Fsp3) is 0.217. The van der Waals surface area contributed by atoms with E-state index in [0.717, 1.165) is 22.5 Å². The summed E-state index contributed by atoms with van der Waals surface area (Å²) in [6, 6.07) is 15.8. The van der Waals surface area contributed by atoms with Crippen molar-refractivity contribution in [2.24, 2.45) is 7.05 Å². The van der Waals surface area contributed by atoms with Crippen molar-refractivity contribution in [3.05, 3.63) is 85.0 Å². The molecule has 2 N–H and O–H groups in total. The van der Waals surface area contributed by atoms with Crippen LogP contribution in [0.15, 0.2) is 73.7 Å². The monoisotopic (exact) mass is 392 g/mol. The van der Waals surface area contributed by atoms with Crippen LogP contribution in [-0.4, -0.2) is 40.8 Å². The summed E-state index contributed by atoms with van der Waals surface area (Å²) in [7, 11) is 3.72. The van der Waals surface area contributed by atoms with E-state index in [2.05, 4.69) is 16.9 Å². The Bertz CT molecular complexity index is 909.